The van der Waals surface area contributed by atoms with E-state index in [0.29, 0.717) is 0 Å². The Morgan fingerprint density at radius 2 is 0.897 bits per heavy atom. The molecular formula is C28H30Hf-2. The van der Waals surface area contributed by atoms with Crippen LogP contribution in [0.2, 0.25) is 0 Å². The fraction of sp³-hybridized carbons (Fsp3) is 0.357. The Balaban J connectivity index is 0.000000137. The van der Waals surface area contributed by atoms with E-state index in [0.717, 1.165) is 0 Å². The maximum atomic E-state index is 2.28. The molecule has 0 heterocycles. The summed E-state index contributed by atoms with van der Waals surface area (Å²) in [7, 11) is 0. The second-order valence-corrected chi connectivity index (χ2v) is 8.83. The van der Waals surface area contributed by atoms with Gasteiger partial charge in [-0.15, -0.1) is 44.8 Å². The van der Waals surface area contributed by atoms with Gasteiger partial charge in [-0.3, -0.25) is 0 Å². The minimum Gasteiger partial charge on any atom is -0.168 e. The van der Waals surface area contributed by atoms with Crippen LogP contribution in [0.25, 0.3) is 21.5 Å². The fourth-order valence-electron chi connectivity index (χ4n) is 5.94. The molecule has 2 aliphatic carbocycles. The van der Waals surface area contributed by atoms with Crippen molar-refractivity contribution in [1.82, 2.24) is 0 Å². The number of hydrogen-bond acceptors (Lipinski definition) is 0. The van der Waals surface area contributed by atoms with Crippen LogP contribution in [0.1, 0.15) is 57.3 Å². The van der Waals surface area contributed by atoms with E-state index in [4.69, 9.17) is 0 Å². The molecule has 0 saturated carbocycles. The molecule has 0 radical (unpaired) electrons. The summed E-state index contributed by atoms with van der Waals surface area (Å²) in [6.45, 7) is 9.13. The van der Waals surface area contributed by atoms with E-state index in [1.807, 2.05) is 0 Å². The predicted molar refractivity (Wildman–Crippen MR) is 122 cm³/mol. The van der Waals surface area contributed by atoms with Crippen molar-refractivity contribution in [3.05, 3.63) is 80.9 Å². The summed E-state index contributed by atoms with van der Waals surface area (Å²) in [6, 6.07) is 13.4. The topological polar surface area (TPSA) is 0 Å². The molecule has 29 heavy (non-hydrogen) atoms. The Kier molecular flexibility index (Phi) is 5.73. The van der Waals surface area contributed by atoms with E-state index >= 15 is 0 Å². The van der Waals surface area contributed by atoms with Gasteiger partial charge in [0.15, 0.2) is 0 Å². The van der Waals surface area contributed by atoms with Gasteiger partial charge in [-0.2, -0.15) is 24.3 Å². The van der Waals surface area contributed by atoms with Gasteiger partial charge in [-0.1, -0.05) is 47.2 Å². The van der Waals surface area contributed by atoms with Crippen molar-refractivity contribution in [2.45, 2.75) is 66.2 Å². The number of hydrogen-bond donors (Lipinski definition) is 0. The zero-order valence-electron chi connectivity index (χ0n) is 18.2. The molecule has 0 aliphatic heterocycles. The average Bonchev–Trinajstić information content (AvgIpc) is 3.49. The van der Waals surface area contributed by atoms with E-state index in [9.17, 15) is 0 Å². The van der Waals surface area contributed by atoms with Gasteiger partial charge in [0, 0.05) is 25.8 Å². The quantitative estimate of drug-likeness (QED) is 0.161. The predicted octanol–water partition coefficient (Wildman–Crippen LogP) is 7.33. The van der Waals surface area contributed by atoms with Crippen LogP contribution in [-0.2, 0) is 51.5 Å². The zero-order chi connectivity index (χ0) is 19.4. The maximum Gasteiger partial charge on any atom is 0 e. The second kappa shape index (κ2) is 7.99. The monoisotopic (exact) mass is 546 g/mol. The first-order valence-electron chi connectivity index (χ1n) is 10.9. The molecule has 0 nitrogen and oxygen atoms in total. The number of benzene rings is 2. The second-order valence-electron chi connectivity index (χ2n) is 8.83. The van der Waals surface area contributed by atoms with Crippen molar-refractivity contribution >= 4 is 21.5 Å². The van der Waals surface area contributed by atoms with Crippen molar-refractivity contribution in [2.75, 3.05) is 0 Å². The van der Waals surface area contributed by atoms with E-state index in [2.05, 4.69) is 64.1 Å². The normalized spacial score (nSPS) is 14.5. The Labute approximate surface area is 193 Å². The van der Waals surface area contributed by atoms with Crippen LogP contribution in [0.3, 0.4) is 0 Å². The first-order chi connectivity index (χ1) is 13.6. The van der Waals surface area contributed by atoms with Crippen LogP contribution in [0, 0.1) is 27.7 Å². The summed E-state index contributed by atoms with van der Waals surface area (Å²) in [5, 5.41) is 5.90. The van der Waals surface area contributed by atoms with Crippen LogP contribution in [0.4, 0.5) is 0 Å². The van der Waals surface area contributed by atoms with Crippen molar-refractivity contribution in [1.29, 1.82) is 0 Å². The molecular weight excluding hydrogens is 515 g/mol. The first kappa shape index (κ1) is 20.8. The Morgan fingerprint density at radius 1 is 0.552 bits per heavy atom. The summed E-state index contributed by atoms with van der Waals surface area (Å²) >= 11 is 0. The van der Waals surface area contributed by atoms with Crippen molar-refractivity contribution < 1.29 is 25.8 Å². The molecule has 0 amide bonds. The number of aryl methyl sites for hydroxylation is 4. The van der Waals surface area contributed by atoms with Gasteiger partial charge in [0.2, 0.25) is 0 Å². The summed E-state index contributed by atoms with van der Waals surface area (Å²) in [5.41, 5.74) is 12.7. The third-order valence-corrected chi connectivity index (χ3v) is 7.49. The molecule has 0 bridgehead atoms. The van der Waals surface area contributed by atoms with Crippen LogP contribution >= 0.6 is 0 Å². The minimum absolute atomic E-state index is 0. The van der Waals surface area contributed by atoms with E-state index in [1.54, 1.807) is 22.3 Å². The van der Waals surface area contributed by atoms with Gasteiger partial charge >= 0.3 is 0 Å². The third-order valence-electron chi connectivity index (χ3n) is 7.49. The van der Waals surface area contributed by atoms with Gasteiger partial charge in [-0.05, 0) is 52.4 Å². The first-order valence-corrected chi connectivity index (χ1v) is 10.9. The summed E-state index contributed by atoms with van der Waals surface area (Å²) < 4.78 is 0. The molecule has 0 atom stereocenters. The molecule has 0 saturated heterocycles. The van der Waals surface area contributed by atoms with Gasteiger partial charge < -0.3 is 0 Å². The summed E-state index contributed by atoms with van der Waals surface area (Å²) in [6.07, 6.45) is 7.88. The molecule has 4 aromatic rings. The maximum absolute atomic E-state index is 2.28. The molecule has 1 heteroatoms. The van der Waals surface area contributed by atoms with E-state index in [1.165, 1.54) is 82.3 Å². The minimum atomic E-state index is 0. The molecule has 0 aromatic heterocycles. The number of fused-ring (bicyclic) bond motifs is 4. The molecule has 4 aromatic carbocycles. The molecule has 2 aliphatic rings. The smallest absolute Gasteiger partial charge is 0 e. The van der Waals surface area contributed by atoms with E-state index in [-0.39, 0.29) is 25.8 Å². The molecule has 0 fully saturated rings. The van der Waals surface area contributed by atoms with Crippen molar-refractivity contribution in [3.63, 3.8) is 0 Å². The zero-order valence-corrected chi connectivity index (χ0v) is 21.8. The molecule has 6 rings (SSSR count). The standard InChI is InChI=1S/2C14H15.Hf/c2*1-9-11-5-3-7-13(11)10(2)14-8-4-6-12(9)14;/h2*3,5,7H,4,6,8H2,1-2H3;/q2*-1;. The average molecular weight is 545 g/mol. The third kappa shape index (κ3) is 3.21. The SMILES string of the molecule is Cc1c2c(c(C)c3[cH-]ccc13)CCC2.Cc1c2c(c(C)c3[cH-]ccc13)CCC2.[Hf]. The number of rotatable bonds is 0. The largest absolute Gasteiger partial charge is 0.168 e. The Hall–Kier alpha value is -1.47. The van der Waals surface area contributed by atoms with Crippen LogP contribution in [-0.4, -0.2) is 0 Å². The van der Waals surface area contributed by atoms with Crippen molar-refractivity contribution in [3.8, 4) is 0 Å². The van der Waals surface area contributed by atoms with E-state index < -0.39 is 0 Å². The van der Waals surface area contributed by atoms with Gasteiger partial charge in [0.1, 0.15) is 0 Å². The molecule has 0 spiro atoms. The summed E-state index contributed by atoms with van der Waals surface area (Å²) in [4.78, 5) is 0. The Morgan fingerprint density at radius 3 is 1.28 bits per heavy atom. The van der Waals surface area contributed by atoms with Crippen LogP contribution in [0.5, 0.6) is 0 Å². The Bertz CT molecular complexity index is 1010. The molecule has 0 unspecified atom stereocenters. The van der Waals surface area contributed by atoms with Gasteiger partial charge in [0.05, 0.1) is 0 Å². The summed E-state index contributed by atoms with van der Waals surface area (Å²) in [5.74, 6) is 0. The van der Waals surface area contributed by atoms with Crippen LogP contribution in [0.15, 0.2) is 36.4 Å². The van der Waals surface area contributed by atoms with Crippen molar-refractivity contribution in [2.24, 2.45) is 0 Å². The van der Waals surface area contributed by atoms with Gasteiger partial charge in [0.25, 0.3) is 0 Å². The molecule has 0 N–H and O–H groups in total. The van der Waals surface area contributed by atoms with Gasteiger partial charge in [-0.25, -0.2) is 0 Å². The molecule has 148 valence electrons. The fourth-order valence-corrected chi connectivity index (χ4v) is 5.94. The van der Waals surface area contributed by atoms with Crippen LogP contribution < -0.4 is 0 Å².